The fourth-order valence-electron chi connectivity index (χ4n) is 2.23. The Labute approximate surface area is 142 Å². The molecule has 0 unspecified atom stereocenters. The van der Waals surface area contributed by atoms with Crippen molar-refractivity contribution >= 4 is 28.8 Å². The molecule has 24 heavy (non-hydrogen) atoms. The minimum absolute atomic E-state index is 0.171. The second-order valence-electron chi connectivity index (χ2n) is 6.05. The molecule has 0 aliphatic rings. The average Bonchev–Trinajstić information content (AvgIpc) is 2.49. The zero-order chi connectivity index (χ0) is 18.2. The molecule has 0 aromatic carbocycles. The first kappa shape index (κ1) is 18.2. The van der Waals surface area contributed by atoms with Crippen LogP contribution < -0.4 is 11.2 Å². The van der Waals surface area contributed by atoms with E-state index >= 15 is 0 Å². The van der Waals surface area contributed by atoms with Crippen LogP contribution in [-0.4, -0.2) is 35.4 Å². The molecule has 0 spiro atoms. The van der Waals surface area contributed by atoms with Gasteiger partial charge in [-0.05, 0) is 12.8 Å². The Hall–Kier alpha value is -2.16. The maximum Gasteiger partial charge on any atom is 0.332 e. The lowest BCUT2D eigenvalue weighted by molar-refractivity contribution is -0.136. The summed E-state index contributed by atoms with van der Waals surface area (Å²) in [6.45, 7) is 5.53. The van der Waals surface area contributed by atoms with Gasteiger partial charge in [-0.15, -0.1) is 0 Å². The molecule has 2 aromatic heterocycles. The van der Waals surface area contributed by atoms with Crippen LogP contribution in [0.1, 0.15) is 26.6 Å². The van der Waals surface area contributed by atoms with E-state index in [4.69, 9.17) is 5.11 Å². The van der Waals surface area contributed by atoms with Gasteiger partial charge in [-0.3, -0.25) is 18.7 Å². The van der Waals surface area contributed by atoms with E-state index in [0.717, 1.165) is 16.3 Å². The molecular weight excluding hydrogens is 332 g/mol. The molecule has 0 saturated heterocycles. The third kappa shape index (κ3) is 3.35. The monoisotopic (exact) mass is 352 g/mol. The number of aryl methyl sites for hydroxylation is 1. The summed E-state index contributed by atoms with van der Waals surface area (Å²) < 4.78 is 2.26. The van der Waals surface area contributed by atoms with Crippen LogP contribution in [0, 0.1) is 5.92 Å². The quantitative estimate of drug-likeness (QED) is 0.626. The van der Waals surface area contributed by atoms with Crippen LogP contribution in [0.25, 0.3) is 11.0 Å². The topological polar surface area (TPSA) is 107 Å². The van der Waals surface area contributed by atoms with Gasteiger partial charge in [0.15, 0.2) is 5.65 Å². The summed E-state index contributed by atoms with van der Waals surface area (Å²) in [5.74, 6) is -0.236. The summed E-state index contributed by atoms with van der Waals surface area (Å²) in [4.78, 5) is 44.6. The van der Waals surface area contributed by atoms with Crippen LogP contribution in [0.2, 0.25) is 0 Å². The highest BCUT2D eigenvalue weighted by Gasteiger charge is 2.21. The Morgan fingerprint density at radius 3 is 2.33 bits per heavy atom. The minimum Gasteiger partial charge on any atom is -0.480 e. The average molecular weight is 352 g/mol. The first-order valence-corrected chi connectivity index (χ1v) is 8.37. The molecule has 0 fully saturated rings. The van der Waals surface area contributed by atoms with Gasteiger partial charge in [0.25, 0.3) is 5.56 Å². The fraction of sp³-hybridized carbons (Fsp3) is 0.533. The number of carboxylic acids is 1. The smallest absolute Gasteiger partial charge is 0.332 e. The van der Waals surface area contributed by atoms with E-state index in [1.54, 1.807) is 0 Å². The molecule has 0 saturated carbocycles. The van der Waals surface area contributed by atoms with E-state index in [9.17, 15) is 14.4 Å². The summed E-state index contributed by atoms with van der Waals surface area (Å²) in [6, 6.07) is 0. The molecular formula is C15H20N4O4S. The zero-order valence-corrected chi connectivity index (χ0v) is 15.0. The van der Waals surface area contributed by atoms with Crippen LogP contribution in [0.5, 0.6) is 0 Å². The predicted octanol–water partition coefficient (Wildman–Crippen LogP) is 0.791. The summed E-state index contributed by atoms with van der Waals surface area (Å²) >= 11 is 0.980. The largest absolute Gasteiger partial charge is 0.480 e. The molecule has 130 valence electrons. The molecule has 8 nitrogen and oxygen atoms in total. The van der Waals surface area contributed by atoms with Crippen molar-refractivity contribution in [3.63, 3.8) is 0 Å². The minimum atomic E-state index is -1.00. The highest BCUT2D eigenvalue weighted by molar-refractivity contribution is 8.00. The fourth-order valence-corrected chi connectivity index (χ4v) is 3.12. The van der Waals surface area contributed by atoms with Gasteiger partial charge in [-0.25, -0.2) is 14.8 Å². The summed E-state index contributed by atoms with van der Waals surface area (Å²) in [5.41, 5.74) is -0.776. The zero-order valence-electron chi connectivity index (χ0n) is 14.2. The Bertz CT molecular complexity index is 916. The molecule has 0 radical (unpaired) electrons. The number of aromatic nitrogens is 4. The second kappa shape index (κ2) is 6.76. The number of nitrogens with zero attached hydrogens (tertiary/aromatic N) is 4. The SMILES string of the molecule is CC(C)Cc1nc(S[C@H](C)C(=O)O)c2c(=O)n(C)c(=O)n(C)c2n1. The maximum absolute atomic E-state index is 12.5. The van der Waals surface area contributed by atoms with E-state index in [2.05, 4.69) is 9.97 Å². The molecule has 0 aliphatic heterocycles. The molecule has 1 atom stereocenters. The van der Waals surface area contributed by atoms with Crippen LogP contribution in [-0.2, 0) is 25.3 Å². The van der Waals surface area contributed by atoms with Gasteiger partial charge in [0.1, 0.15) is 21.5 Å². The summed E-state index contributed by atoms with van der Waals surface area (Å²) in [7, 11) is 2.91. The predicted molar refractivity (Wildman–Crippen MR) is 91.5 cm³/mol. The van der Waals surface area contributed by atoms with Gasteiger partial charge >= 0.3 is 11.7 Å². The van der Waals surface area contributed by atoms with Gasteiger partial charge < -0.3 is 5.11 Å². The van der Waals surface area contributed by atoms with Crippen LogP contribution in [0.3, 0.4) is 0 Å². The number of aliphatic carboxylic acids is 1. The molecule has 0 bridgehead atoms. The molecule has 1 N–H and O–H groups in total. The van der Waals surface area contributed by atoms with Gasteiger partial charge in [-0.1, -0.05) is 25.6 Å². The number of carbonyl (C=O) groups is 1. The van der Waals surface area contributed by atoms with Crippen molar-refractivity contribution in [2.75, 3.05) is 0 Å². The molecule has 9 heteroatoms. The van der Waals surface area contributed by atoms with E-state index < -0.39 is 22.5 Å². The van der Waals surface area contributed by atoms with Crippen molar-refractivity contribution in [2.45, 2.75) is 37.5 Å². The van der Waals surface area contributed by atoms with Gasteiger partial charge in [0, 0.05) is 20.5 Å². The third-order valence-corrected chi connectivity index (χ3v) is 4.61. The number of hydrogen-bond acceptors (Lipinski definition) is 6. The Morgan fingerprint density at radius 2 is 1.79 bits per heavy atom. The van der Waals surface area contributed by atoms with E-state index in [1.807, 2.05) is 13.8 Å². The molecule has 2 rings (SSSR count). The highest BCUT2D eigenvalue weighted by Crippen LogP contribution is 2.26. The van der Waals surface area contributed by atoms with Crippen molar-refractivity contribution < 1.29 is 9.90 Å². The van der Waals surface area contributed by atoms with Crippen molar-refractivity contribution in [3.05, 3.63) is 26.7 Å². The normalized spacial score (nSPS) is 12.8. The second-order valence-corrected chi connectivity index (χ2v) is 7.38. The van der Waals surface area contributed by atoms with Gasteiger partial charge in [0.05, 0.1) is 0 Å². The number of carboxylic acid groups (broad SMARTS) is 1. The highest BCUT2D eigenvalue weighted by atomic mass is 32.2. The van der Waals surface area contributed by atoms with Crippen LogP contribution in [0.4, 0.5) is 0 Å². The van der Waals surface area contributed by atoms with Crippen LogP contribution in [0.15, 0.2) is 14.6 Å². The summed E-state index contributed by atoms with van der Waals surface area (Å²) in [5, 5.41) is 8.83. The lowest BCUT2D eigenvalue weighted by Gasteiger charge is -2.13. The number of fused-ring (bicyclic) bond motifs is 1. The van der Waals surface area contributed by atoms with Crippen LogP contribution >= 0.6 is 11.8 Å². The third-order valence-electron chi connectivity index (χ3n) is 3.54. The van der Waals surface area contributed by atoms with Crippen molar-refractivity contribution in [1.82, 2.24) is 19.1 Å². The van der Waals surface area contributed by atoms with Crippen molar-refractivity contribution in [3.8, 4) is 0 Å². The van der Waals surface area contributed by atoms with Crippen molar-refractivity contribution in [1.29, 1.82) is 0 Å². The Balaban J connectivity index is 2.83. The number of hydrogen-bond donors (Lipinski definition) is 1. The Morgan fingerprint density at radius 1 is 1.17 bits per heavy atom. The lowest BCUT2D eigenvalue weighted by Crippen LogP contribution is -2.38. The molecule has 2 aromatic rings. The van der Waals surface area contributed by atoms with E-state index in [-0.39, 0.29) is 17.0 Å². The Kier molecular flexibility index (Phi) is 5.12. The number of rotatable bonds is 5. The molecule has 0 amide bonds. The lowest BCUT2D eigenvalue weighted by atomic mass is 10.1. The summed E-state index contributed by atoms with van der Waals surface area (Å²) in [6.07, 6.45) is 0.564. The molecule has 2 heterocycles. The van der Waals surface area contributed by atoms with Gasteiger partial charge in [-0.2, -0.15) is 0 Å². The van der Waals surface area contributed by atoms with Gasteiger partial charge in [0.2, 0.25) is 0 Å². The first-order chi connectivity index (χ1) is 11.1. The van der Waals surface area contributed by atoms with Crippen molar-refractivity contribution in [2.24, 2.45) is 20.0 Å². The first-order valence-electron chi connectivity index (χ1n) is 7.49. The maximum atomic E-state index is 12.5. The van der Waals surface area contributed by atoms with E-state index in [0.29, 0.717) is 17.3 Å². The standard InChI is InChI=1S/C15H20N4O4S/c1-7(2)6-9-16-11-10(12(17-9)24-8(3)14(21)22)13(20)19(5)15(23)18(11)4/h7-8H,6H2,1-5H3,(H,21,22)/t8-/m1/s1. The van der Waals surface area contributed by atoms with E-state index in [1.165, 1.54) is 25.6 Å². The number of thioether (sulfide) groups is 1. The molecule has 0 aliphatic carbocycles.